The van der Waals surface area contributed by atoms with Gasteiger partial charge < -0.3 is 4.98 Å². The van der Waals surface area contributed by atoms with E-state index in [1.165, 1.54) is 0 Å². The molecule has 0 radical (unpaired) electrons. The number of aromatic nitrogens is 4. The van der Waals surface area contributed by atoms with E-state index in [-0.39, 0.29) is 5.56 Å². The topological polar surface area (TPSA) is 63.6 Å². The number of nitrogens with one attached hydrogen (secondary N) is 1. The molecule has 2 aromatic rings. The van der Waals surface area contributed by atoms with Crippen molar-refractivity contribution in [2.24, 2.45) is 7.05 Å². The molecule has 2 aromatic heterocycles. The smallest absolute Gasteiger partial charge is 0.264 e. The Hall–Kier alpha value is -1.18. The van der Waals surface area contributed by atoms with E-state index in [1.54, 1.807) is 10.9 Å². The third-order valence-electron chi connectivity index (χ3n) is 2.76. The van der Waals surface area contributed by atoms with Gasteiger partial charge in [-0.3, -0.25) is 9.48 Å². The molecule has 0 unspecified atom stereocenters. The quantitative estimate of drug-likeness (QED) is 0.843. The number of aromatic amines is 1. The van der Waals surface area contributed by atoms with E-state index < -0.39 is 0 Å². The maximum atomic E-state index is 11.8. The minimum atomic E-state index is -0.0873. The minimum Gasteiger partial charge on any atom is -0.305 e. The highest BCUT2D eigenvalue weighted by Crippen LogP contribution is 2.18. The highest BCUT2D eigenvalue weighted by molar-refractivity contribution is 14.1. The largest absolute Gasteiger partial charge is 0.305 e. The van der Waals surface area contributed by atoms with Crippen LogP contribution in [0.1, 0.15) is 18.3 Å². The summed E-state index contributed by atoms with van der Waals surface area (Å²) in [4.78, 5) is 19.1. The molecule has 0 fully saturated rings. The second kappa shape index (κ2) is 4.59. The zero-order chi connectivity index (χ0) is 12.6. The predicted octanol–water partition coefficient (Wildman–Crippen LogP) is 1.65. The van der Waals surface area contributed by atoms with Crippen LogP contribution in [0.25, 0.3) is 11.4 Å². The Bertz CT molecular complexity index is 614. The summed E-state index contributed by atoms with van der Waals surface area (Å²) in [5, 5.41) is 4.15. The van der Waals surface area contributed by atoms with Crippen molar-refractivity contribution in [1.82, 2.24) is 19.7 Å². The molecule has 90 valence electrons. The maximum Gasteiger partial charge on any atom is 0.264 e. The molecule has 0 aromatic carbocycles. The monoisotopic (exact) mass is 344 g/mol. The molecule has 0 spiro atoms. The van der Waals surface area contributed by atoms with E-state index in [2.05, 4.69) is 15.1 Å². The molecule has 2 heterocycles. The number of nitrogens with zero attached hydrogens (tertiary/aromatic N) is 3. The van der Waals surface area contributed by atoms with Gasteiger partial charge in [0.1, 0.15) is 5.82 Å². The molecule has 0 atom stereocenters. The lowest BCUT2D eigenvalue weighted by molar-refractivity contribution is 0.740. The number of hydrogen-bond acceptors (Lipinski definition) is 3. The van der Waals surface area contributed by atoms with Crippen LogP contribution in [-0.2, 0) is 13.5 Å². The highest BCUT2D eigenvalue weighted by atomic mass is 127. The van der Waals surface area contributed by atoms with Gasteiger partial charge in [-0.15, -0.1) is 0 Å². The average Bonchev–Trinajstić information content (AvgIpc) is 2.64. The molecule has 0 amide bonds. The molecule has 5 nitrogen and oxygen atoms in total. The SMILES string of the molecule is CCc1nc(-c2cnn(C)c2C)[nH]c(=O)c1I. The van der Waals surface area contributed by atoms with E-state index >= 15 is 0 Å². The first-order valence-corrected chi connectivity index (χ1v) is 6.40. The van der Waals surface area contributed by atoms with Crippen LogP contribution in [0.3, 0.4) is 0 Å². The van der Waals surface area contributed by atoms with Crippen molar-refractivity contribution >= 4 is 22.6 Å². The number of aryl methyl sites for hydroxylation is 2. The molecule has 2 rings (SSSR count). The fourth-order valence-corrected chi connectivity index (χ4v) is 2.24. The van der Waals surface area contributed by atoms with E-state index in [0.29, 0.717) is 9.39 Å². The molecule has 0 bridgehead atoms. The Morgan fingerprint density at radius 2 is 2.24 bits per heavy atom. The molecule has 0 saturated carbocycles. The van der Waals surface area contributed by atoms with Crippen molar-refractivity contribution in [3.8, 4) is 11.4 Å². The minimum absolute atomic E-state index is 0.0873. The summed E-state index contributed by atoms with van der Waals surface area (Å²) < 4.78 is 2.43. The van der Waals surface area contributed by atoms with Crippen LogP contribution in [0.15, 0.2) is 11.0 Å². The van der Waals surface area contributed by atoms with Crippen molar-refractivity contribution in [2.75, 3.05) is 0 Å². The summed E-state index contributed by atoms with van der Waals surface area (Å²) in [5.74, 6) is 0.595. The van der Waals surface area contributed by atoms with Crippen molar-refractivity contribution in [1.29, 1.82) is 0 Å². The summed E-state index contributed by atoms with van der Waals surface area (Å²) in [7, 11) is 1.87. The van der Waals surface area contributed by atoms with E-state index in [9.17, 15) is 4.79 Å². The normalized spacial score (nSPS) is 10.8. The van der Waals surface area contributed by atoms with Gasteiger partial charge in [0.05, 0.1) is 21.0 Å². The van der Waals surface area contributed by atoms with Crippen molar-refractivity contribution in [3.05, 3.63) is 31.5 Å². The molecule has 0 aliphatic carbocycles. The number of H-pyrrole nitrogens is 1. The van der Waals surface area contributed by atoms with Gasteiger partial charge in [-0.25, -0.2) is 4.98 Å². The van der Waals surface area contributed by atoms with Crippen molar-refractivity contribution in [3.63, 3.8) is 0 Å². The molecule has 17 heavy (non-hydrogen) atoms. The van der Waals surface area contributed by atoms with Crippen LogP contribution in [0.4, 0.5) is 0 Å². The molecular formula is C11H13IN4O. The van der Waals surface area contributed by atoms with Gasteiger partial charge in [0.15, 0.2) is 0 Å². The molecule has 1 N–H and O–H groups in total. The Morgan fingerprint density at radius 1 is 1.53 bits per heavy atom. The zero-order valence-corrected chi connectivity index (χ0v) is 12.1. The number of hydrogen-bond donors (Lipinski definition) is 1. The third-order valence-corrected chi connectivity index (χ3v) is 3.87. The third kappa shape index (κ3) is 2.13. The van der Waals surface area contributed by atoms with Crippen LogP contribution in [-0.4, -0.2) is 19.7 Å². The first-order valence-electron chi connectivity index (χ1n) is 5.32. The van der Waals surface area contributed by atoms with E-state index in [1.807, 2.05) is 43.5 Å². The van der Waals surface area contributed by atoms with E-state index in [0.717, 1.165) is 23.4 Å². The Labute approximate surface area is 112 Å². The zero-order valence-electron chi connectivity index (χ0n) is 9.91. The molecule has 0 aliphatic heterocycles. The van der Waals surface area contributed by atoms with Gasteiger partial charge >= 0.3 is 0 Å². The van der Waals surface area contributed by atoms with Gasteiger partial charge in [0.2, 0.25) is 0 Å². The maximum absolute atomic E-state index is 11.8. The Kier molecular flexibility index (Phi) is 3.32. The van der Waals surface area contributed by atoms with Gasteiger partial charge in [-0.2, -0.15) is 5.10 Å². The lowest BCUT2D eigenvalue weighted by atomic mass is 10.2. The lowest BCUT2D eigenvalue weighted by Crippen LogP contribution is -2.16. The average molecular weight is 344 g/mol. The van der Waals surface area contributed by atoms with Crippen LogP contribution >= 0.6 is 22.6 Å². The molecular weight excluding hydrogens is 331 g/mol. The van der Waals surface area contributed by atoms with Crippen LogP contribution < -0.4 is 5.56 Å². The van der Waals surface area contributed by atoms with Crippen molar-refractivity contribution in [2.45, 2.75) is 20.3 Å². The van der Waals surface area contributed by atoms with Crippen molar-refractivity contribution < 1.29 is 0 Å². The van der Waals surface area contributed by atoms with Crippen LogP contribution in [0, 0.1) is 10.5 Å². The van der Waals surface area contributed by atoms with E-state index in [4.69, 9.17) is 0 Å². The molecule has 0 aliphatic rings. The first kappa shape index (κ1) is 12.3. The molecule has 0 saturated heterocycles. The summed E-state index contributed by atoms with van der Waals surface area (Å²) in [6, 6.07) is 0. The summed E-state index contributed by atoms with van der Waals surface area (Å²) in [5.41, 5.74) is 2.59. The van der Waals surface area contributed by atoms with Gasteiger partial charge in [-0.1, -0.05) is 6.92 Å². The Balaban J connectivity index is 2.65. The predicted molar refractivity (Wildman–Crippen MR) is 73.9 cm³/mol. The van der Waals surface area contributed by atoms with Gasteiger partial charge in [0, 0.05) is 12.7 Å². The second-order valence-electron chi connectivity index (χ2n) is 3.80. The van der Waals surface area contributed by atoms with Crippen LogP contribution in [0.2, 0.25) is 0 Å². The summed E-state index contributed by atoms with van der Waals surface area (Å²) in [6.45, 7) is 3.94. The fourth-order valence-electron chi connectivity index (χ4n) is 1.60. The fraction of sp³-hybridized carbons (Fsp3) is 0.364. The molecule has 6 heteroatoms. The second-order valence-corrected chi connectivity index (χ2v) is 4.87. The van der Waals surface area contributed by atoms with Crippen LogP contribution in [0.5, 0.6) is 0 Å². The van der Waals surface area contributed by atoms with Gasteiger partial charge in [-0.05, 0) is 35.9 Å². The summed E-state index contributed by atoms with van der Waals surface area (Å²) >= 11 is 2.03. The highest BCUT2D eigenvalue weighted by Gasteiger charge is 2.12. The standard InChI is InChI=1S/C11H13IN4O/c1-4-8-9(12)11(17)15-10(14-8)7-5-13-16(3)6(7)2/h5H,4H2,1-3H3,(H,14,15,17). The first-order chi connectivity index (χ1) is 8.04. The lowest BCUT2D eigenvalue weighted by Gasteiger charge is -2.04. The number of rotatable bonds is 2. The number of halogens is 1. The Morgan fingerprint density at radius 3 is 2.76 bits per heavy atom. The summed E-state index contributed by atoms with van der Waals surface area (Å²) in [6.07, 6.45) is 2.47. The van der Waals surface area contributed by atoms with Gasteiger partial charge in [0.25, 0.3) is 5.56 Å².